The van der Waals surface area contributed by atoms with Crippen molar-refractivity contribution < 1.29 is 0 Å². The largest absolute Gasteiger partial charge is 0.346 e. The van der Waals surface area contributed by atoms with E-state index in [1.165, 1.54) is 12.8 Å². The predicted molar refractivity (Wildman–Crippen MR) is 60.7 cm³/mol. The van der Waals surface area contributed by atoms with Crippen molar-refractivity contribution in [3.63, 3.8) is 0 Å². The molecule has 0 bridgehead atoms. The van der Waals surface area contributed by atoms with Gasteiger partial charge >= 0.3 is 0 Å². The van der Waals surface area contributed by atoms with Crippen LogP contribution >= 0.6 is 11.6 Å². The van der Waals surface area contributed by atoms with E-state index < -0.39 is 0 Å². The maximum atomic E-state index is 6.22. The lowest BCUT2D eigenvalue weighted by Gasteiger charge is -1.96. The second kappa shape index (κ2) is 3.29. The highest BCUT2D eigenvalue weighted by molar-refractivity contribution is 6.36. The monoisotopic (exact) mass is 216 g/mol. The summed E-state index contributed by atoms with van der Waals surface area (Å²) in [6.45, 7) is 0. The SMILES string of the molecule is Clc1c(C#CC2CC2)cnc2[nH]ccc12. The quantitative estimate of drug-likeness (QED) is 0.674. The van der Waals surface area contributed by atoms with Gasteiger partial charge in [0.2, 0.25) is 0 Å². The summed E-state index contributed by atoms with van der Waals surface area (Å²) in [5.74, 6) is 6.87. The minimum Gasteiger partial charge on any atom is -0.346 e. The maximum absolute atomic E-state index is 6.22. The lowest BCUT2D eigenvalue weighted by molar-refractivity contribution is 1.18. The van der Waals surface area contributed by atoms with Crippen LogP contribution in [0.25, 0.3) is 11.0 Å². The standard InChI is InChI=1S/C12H9ClN2/c13-11-9(4-3-8-1-2-8)7-15-12-10(11)5-6-14-12/h5-8H,1-2H2,(H,14,15). The highest BCUT2D eigenvalue weighted by Crippen LogP contribution is 2.28. The van der Waals surface area contributed by atoms with Gasteiger partial charge in [-0.05, 0) is 18.9 Å². The number of nitrogens with one attached hydrogen (secondary N) is 1. The summed E-state index contributed by atoms with van der Waals surface area (Å²) in [6.07, 6.45) is 6.02. The number of hydrogen-bond donors (Lipinski definition) is 1. The molecule has 1 fully saturated rings. The van der Waals surface area contributed by atoms with Crippen molar-refractivity contribution in [2.24, 2.45) is 5.92 Å². The van der Waals surface area contributed by atoms with Gasteiger partial charge in [0, 0.05) is 23.7 Å². The van der Waals surface area contributed by atoms with Gasteiger partial charge in [-0.3, -0.25) is 0 Å². The van der Waals surface area contributed by atoms with Gasteiger partial charge in [-0.1, -0.05) is 23.4 Å². The Morgan fingerprint density at radius 1 is 1.47 bits per heavy atom. The minimum atomic E-state index is 0.586. The fourth-order valence-electron chi connectivity index (χ4n) is 1.47. The summed E-state index contributed by atoms with van der Waals surface area (Å²) < 4.78 is 0. The van der Waals surface area contributed by atoms with Gasteiger partial charge in [0.05, 0.1) is 10.6 Å². The Bertz CT molecular complexity index is 570. The van der Waals surface area contributed by atoms with E-state index in [4.69, 9.17) is 11.6 Å². The molecule has 0 atom stereocenters. The molecule has 3 heteroatoms. The van der Waals surface area contributed by atoms with Gasteiger partial charge in [0.1, 0.15) is 5.65 Å². The molecule has 3 rings (SSSR count). The normalized spacial score (nSPS) is 15.0. The second-order valence-electron chi connectivity index (χ2n) is 3.77. The Balaban J connectivity index is 2.10. The van der Waals surface area contributed by atoms with Crippen LogP contribution in [0.1, 0.15) is 18.4 Å². The summed E-state index contributed by atoms with van der Waals surface area (Å²) in [5, 5.41) is 1.65. The van der Waals surface area contributed by atoms with Gasteiger partial charge in [-0.25, -0.2) is 4.98 Å². The number of fused-ring (bicyclic) bond motifs is 1. The van der Waals surface area contributed by atoms with Crippen LogP contribution < -0.4 is 0 Å². The molecule has 1 aliphatic carbocycles. The van der Waals surface area contributed by atoms with Gasteiger partial charge in [-0.15, -0.1) is 0 Å². The molecule has 0 amide bonds. The highest BCUT2D eigenvalue weighted by Gasteiger charge is 2.18. The van der Waals surface area contributed by atoms with Crippen LogP contribution in [0.5, 0.6) is 0 Å². The Labute approximate surface area is 92.7 Å². The molecule has 0 saturated heterocycles. The summed E-state index contributed by atoms with van der Waals surface area (Å²) >= 11 is 6.22. The third-order valence-electron chi connectivity index (χ3n) is 2.51. The van der Waals surface area contributed by atoms with Gasteiger partial charge in [0.15, 0.2) is 0 Å². The molecule has 0 aliphatic heterocycles. The molecule has 2 nitrogen and oxygen atoms in total. The van der Waals surface area contributed by atoms with Gasteiger partial charge in [-0.2, -0.15) is 0 Å². The fourth-order valence-corrected chi connectivity index (χ4v) is 1.72. The molecular formula is C12H9ClN2. The molecule has 0 radical (unpaired) electrons. The average molecular weight is 217 g/mol. The first-order chi connectivity index (χ1) is 7.34. The van der Waals surface area contributed by atoms with Crippen LogP contribution in [0.3, 0.4) is 0 Å². The van der Waals surface area contributed by atoms with E-state index in [2.05, 4.69) is 21.8 Å². The number of hydrogen-bond acceptors (Lipinski definition) is 1. The van der Waals surface area contributed by atoms with Crippen LogP contribution in [0, 0.1) is 17.8 Å². The van der Waals surface area contributed by atoms with E-state index >= 15 is 0 Å². The van der Waals surface area contributed by atoms with E-state index in [1.807, 2.05) is 12.3 Å². The predicted octanol–water partition coefficient (Wildman–Crippen LogP) is 2.98. The fraction of sp³-hybridized carbons (Fsp3) is 0.250. The molecule has 1 N–H and O–H groups in total. The Morgan fingerprint density at radius 2 is 2.33 bits per heavy atom. The summed E-state index contributed by atoms with van der Waals surface area (Å²) in [5.41, 5.74) is 1.65. The Hall–Kier alpha value is -1.46. The third-order valence-corrected chi connectivity index (χ3v) is 2.92. The minimum absolute atomic E-state index is 0.586. The zero-order chi connectivity index (χ0) is 10.3. The average Bonchev–Trinajstić information content (AvgIpc) is 2.93. The van der Waals surface area contributed by atoms with Crippen molar-refractivity contribution in [2.75, 3.05) is 0 Å². The van der Waals surface area contributed by atoms with Crippen molar-refractivity contribution in [1.29, 1.82) is 0 Å². The molecule has 0 aromatic carbocycles. The molecule has 0 spiro atoms. The first-order valence-electron chi connectivity index (χ1n) is 4.98. The van der Waals surface area contributed by atoms with Crippen molar-refractivity contribution in [1.82, 2.24) is 9.97 Å². The van der Waals surface area contributed by atoms with Crippen LogP contribution in [-0.4, -0.2) is 9.97 Å². The zero-order valence-corrected chi connectivity index (χ0v) is 8.80. The number of H-pyrrole nitrogens is 1. The lowest BCUT2D eigenvalue weighted by Crippen LogP contribution is -1.83. The number of aromatic nitrogens is 2. The number of pyridine rings is 1. The van der Waals surface area contributed by atoms with E-state index in [0.717, 1.165) is 16.6 Å². The Kier molecular flexibility index (Phi) is 1.93. The van der Waals surface area contributed by atoms with Gasteiger partial charge in [0.25, 0.3) is 0 Å². The summed E-state index contributed by atoms with van der Waals surface area (Å²) in [7, 11) is 0. The molecule has 2 heterocycles. The lowest BCUT2D eigenvalue weighted by atomic mass is 10.2. The molecule has 1 aliphatic rings. The molecular weight excluding hydrogens is 208 g/mol. The first kappa shape index (κ1) is 8.82. The second-order valence-corrected chi connectivity index (χ2v) is 4.15. The number of rotatable bonds is 0. The Morgan fingerprint density at radius 3 is 3.13 bits per heavy atom. The smallest absolute Gasteiger partial charge is 0.138 e. The number of aromatic amines is 1. The van der Waals surface area contributed by atoms with Crippen molar-refractivity contribution in [3.8, 4) is 11.8 Å². The maximum Gasteiger partial charge on any atom is 0.138 e. The number of nitrogens with zero attached hydrogens (tertiary/aromatic N) is 1. The van der Waals surface area contributed by atoms with Crippen molar-refractivity contribution >= 4 is 22.6 Å². The molecule has 15 heavy (non-hydrogen) atoms. The van der Waals surface area contributed by atoms with E-state index in [9.17, 15) is 0 Å². The highest BCUT2D eigenvalue weighted by atomic mass is 35.5. The summed E-state index contributed by atoms with van der Waals surface area (Å²) in [4.78, 5) is 7.28. The van der Waals surface area contributed by atoms with E-state index in [0.29, 0.717) is 10.9 Å². The van der Waals surface area contributed by atoms with Crippen LogP contribution in [0.15, 0.2) is 18.5 Å². The van der Waals surface area contributed by atoms with Crippen LogP contribution in [0.4, 0.5) is 0 Å². The topological polar surface area (TPSA) is 28.7 Å². The van der Waals surface area contributed by atoms with Crippen molar-refractivity contribution in [3.05, 3.63) is 29.0 Å². The molecule has 74 valence electrons. The molecule has 0 unspecified atom stereocenters. The van der Waals surface area contributed by atoms with E-state index in [1.54, 1.807) is 6.20 Å². The van der Waals surface area contributed by atoms with Crippen LogP contribution in [-0.2, 0) is 0 Å². The first-order valence-corrected chi connectivity index (χ1v) is 5.35. The summed E-state index contributed by atoms with van der Waals surface area (Å²) in [6, 6.07) is 1.92. The third kappa shape index (κ3) is 1.60. The van der Waals surface area contributed by atoms with Gasteiger partial charge < -0.3 is 4.98 Å². The molecule has 2 aromatic rings. The van der Waals surface area contributed by atoms with Crippen LogP contribution in [0.2, 0.25) is 5.02 Å². The zero-order valence-electron chi connectivity index (χ0n) is 8.05. The van der Waals surface area contributed by atoms with Crippen molar-refractivity contribution in [2.45, 2.75) is 12.8 Å². The molecule has 1 saturated carbocycles. The molecule has 2 aromatic heterocycles. The van der Waals surface area contributed by atoms with E-state index in [-0.39, 0.29) is 0 Å². The number of halogens is 1.